The van der Waals surface area contributed by atoms with E-state index in [1.54, 1.807) is 18.3 Å². The van der Waals surface area contributed by atoms with E-state index in [1.807, 2.05) is 6.92 Å². The monoisotopic (exact) mass is 205 g/mol. The van der Waals surface area contributed by atoms with Gasteiger partial charge in [0.1, 0.15) is 5.82 Å². The van der Waals surface area contributed by atoms with Crippen molar-refractivity contribution in [3.63, 3.8) is 0 Å². The SMILES string of the molecule is CCOCCCNc1cc(C#N)ccn1. The van der Waals surface area contributed by atoms with Gasteiger partial charge >= 0.3 is 0 Å². The Morgan fingerprint density at radius 2 is 2.47 bits per heavy atom. The number of nitrogens with one attached hydrogen (secondary N) is 1. The van der Waals surface area contributed by atoms with Crippen molar-refractivity contribution in [2.45, 2.75) is 13.3 Å². The molecule has 0 unspecified atom stereocenters. The zero-order valence-electron chi connectivity index (χ0n) is 8.86. The van der Waals surface area contributed by atoms with Gasteiger partial charge in [0.15, 0.2) is 0 Å². The van der Waals surface area contributed by atoms with Crippen LogP contribution < -0.4 is 5.32 Å². The molecule has 0 amide bonds. The van der Waals surface area contributed by atoms with Crippen molar-refractivity contribution < 1.29 is 4.74 Å². The van der Waals surface area contributed by atoms with Gasteiger partial charge in [0.25, 0.3) is 0 Å². The van der Waals surface area contributed by atoms with E-state index in [1.165, 1.54) is 0 Å². The molecular formula is C11H15N3O. The maximum Gasteiger partial charge on any atom is 0.127 e. The highest BCUT2D eigenvalue weighted by molar-refractivity contribution is 5.42. The first-order valence-corrected chi connectivity index (χ1v) is 5.04. The Balaban J connectivity index is 2.28. The standard InChI is InChI=1S/C11H15N3O/c1-2-15-7-3-5-13-11-8-10(9-12)4-6-14-11/h4,6,8H,2-3,5,7H2,1H3,(H,13,14). The van der Waals surface area contributed by atoms with Gasteiger partial charge in [-0.1, -0.05) is 0 Å². The predicted molar refractivity (Wildman–Crippen MR) is 58.6 cm³/mol. The maximum absolute atomic E-state index is 8.68. The van der Waals surface area contributed by atoms with Crippen LogP contribution in [0, 0.1) is 11.3 Å². The van der Waals surface area contributed by atoms with Gasteiger partial charge in [-0.05, 0) is 25.5 Å². The first-order chi connectivity index (χ1) is 7.36. The molecule has 1 aromatic heterocycles. The van der Waals surface area contributed by atoms with Gasteiger partial charge in [0.2, 0.25) is 0 Å². The molecular weight excluding hydrogens is 190 g/mol. The second-order valence-corrected chi connectivity index (χ2v) is 3.02. The summed E-state index contributed by atoms with van der Waals surface area (Å²) in [7, 11) is 0. The molecule has 1 rings (SSSR count). The molecule has 0 atom stereocenters. The fourth-order valence-electron chi connectivity index (χ4n) is 1.13. The van der Waals surface area contributed by atoms with Crippen LogP contribution in [0.25, 0.3) is 0 Å². The molecule has 4 nitrogen and oxygen atoms in total. The zero-order chi connectivity index (χ0) is 10.9. The number of rotatable bonds is 6. The molecule has 0 bridgehead atoms. The Kier molecular flexibility index (Phi) is 5.20. The second kappa shape index (κ2) is 6.80. The quantitative estimate of drug-likeness (QED) is 0.719. The minimum atomic E-state index is 0.623. The largest absolute Gasteiger partial charge is 0.382 e. The van der Waals surface area contributed by atoms with E-state index in [0.29, 0.717) is 5.56 Å². The average Bonchev–Trinajstić information content (AvgIpc) is 2.29. The minimum Gasteiger partial charge on any atom is -0.382 e. The van der Waals surface area contributed by atoms with E-state index in [4.69, 9.17) is 10.00 Å². The molecule has 15 heavy (non-hydrogen) atoms. The zero-order valence-corrected chi connectivity index (χ0v) is 8.86. The number of hydrogen-bond acceptors (Lipinski definition) is 4. The van der Waals surface area contributed by atoms with E-state index < -0.39 is 0 Å². The Hall–Kier alpha value is -1.60. The van der Waals surface area contributed by atoms with E-state index in [-0.39, 0.29) is 0 Å². The molecule has 0 aliphatic heterocycles. The minimum absolute atomic E-state index is 0.623. The summed E-state index contributed by atoms with van der Waals surface area (Å²) in [5.74, 6) is 0.741. The third-order valence-electron chi connectivity index (χ3n) is 1.86. The summed E-state index contributed by atoms with van der Waals surface area (Å²) in [5, 5.41) is 11.8. The van der Waals surface area contributed by atoms with E-state index in [0.717, 1.165) is 32.0 Å². The van der Waals surface area contributed by atoms with Gasteiger partial charge in [-0.3, -0.25) is 0 Å². The van der Waals surface area contributed by atoms with Gasteiger partial charge in [0, 0.05) is 26.0 Å². The molecule has 80 valence electrons. The molecule has 0 spiro atoms. The molecule has 4 heteroatoms. The summed E-state index contributed by atoms with van der Waals surface area (Å²) in [6, 6.07) is 5.50. The maximum atomic E-state index is 8.68. The number of aromatic nitrogens is 1. The van der Waals surface area contributed by atoms with Crippen LogP contribution >= 0.6 is 0 Å². The lowest BCUT2D eigenvalue weighted by molar-refractivity contribution is 0.147. The van der Waals surface area contributed by atoms with Crippen molar-refractivity contribution in [3.8, 4) is 6.07 Å². The molecule has 1 heterocycles. The lowest BCUT2D eigenvalue weighted by Crippen LogP contribution is -2.06. The summed E-state index contributed by atoms with van der Waals surface area (Å²) < 4.78 is 5.20. The highest BCUT2D eigenvalue weighted by Crippen LogP contribution is 2.05. The lowest BCUT2D eigenvalue weighted by Gasteiger charge is -2.05. The number of nitrogens with zero attached hydrogens (tertiary/aromatic N) is 2. The smallest absolute Gasteiger partial charge is 0.127 e. The number of ether oxygens (including phenoxy) is 1. The fraction of sp³-hybridized carbons (Fsp3) is 0.455. The highest BCUT2D eigenvalue weighted by atomic mass is 16.5. The van der Waals surface area contributed by atoms with Gasteiger partial charge in [0.05, 0.1) is 11.6 Å². The van der Waals surface area contributed by atoms with Crippen molar-refractivity contribution in [2.24, 2.45) is 0 Å². The van der Waals surface area contributed by atoms with Crippen molar-refractivity contribution >= 4 is 5.82 Å². The van der Waals surface area contributed by atoms with Gasteiger partial charge in [-0.2, -0.15) is 5.26 Å². The first kappa shape index (κ1) is 11.5. The molecule has 0 fully saturated rings. The molecule has 0 saturated carbocycles. The Morgan fingerprint density at radius 1 is 1.60 bits per heavy atom. The molecule has 1 aromatic rings. The number of pyridine rings is 1. The van der Waals surface area contributed by atoms with Crippen LogP contribution in [0.3, 0.4) is 0 Å². The molecule has 0 aliphatic rings. The van der Waals surface area contributed by atoms with Crippen LogP contribution in [0.5, 0.6) is 0 Å². The Bertz CT molecular complexity index is 333. The van der Waals surface area contributed by atoms with E-state index >= 15 is 0 Å². The predicted octanol–water partition coefficient (Wildman–Crippen LogP) is 1.79. The van der Waals surface area contributed by atoms with Gasteiger partial charge in [-0.15, -0.1) is 0 Å². The van der Waals surface area contributed by atoms with E-state index in [2.05, 4.69) is 16.4 Å². The van der Waals surface area contributed by atoms with E-state index in [9.17, 15) is 0 Å². The molecule has 1 N–H and O–H groups in total. The highest BCUT2D eigenvalue weighted by Gasteiger charge is 1.95. The number of anilines is 1. The first-order valence-electron chi connectivity index (χ1n) is 5.04. The second-order valence-electron chi connectivity index (χ2n) is 3.02. The summed E-state index contributed by atoms with van der Waals surface area (Å²) in [4.78, 5) is 4.10. The van der Waals surface area contributed by atoms with Crippen LogP contribution in [0.1, 0.15) is 18.9 Å². The van der Waals surface area contributed by atoms with Crippen LogP contribution in [0.4, 0.5) is 5.82 Å². The van der Waals surface area contributed by atoms with Gasteiger partial charge in [-0.25, -0.2) is 4.98 Å². The third kappa shape index (κ3) is 4.43. The van der Waals surface area contributed by atoms with Crippen LogP contribution in [0.15, 0.2) is 18.3 Å². The van der Waals surface area contributed by atoms with Crippen molar-refractivity contribution in [3.05, 3.63) is 23.9 Å². The van der Waals surface area contributed by atoms with Crippen molar-refractivity contribution in [2.75, 3.05) is 25.1 Å². The van der Waals surface area contributed by atoms with Crippen LogP contribution in [-0.2, 0) is 4.74 Å². The molecule has 0 aliphatic carbocycles. The van der Waals surface area contributed by atoms with Crippen molar-refractivity contribution in [1.29, 1.82) is 5.26 Å². The number of nitriles is 1. The number of hydrogen-bond donors (Lipinski definition) is 1. The summed E-state index contributed by atoms with van der Waals surface area (Å²) in [5.41, 5.74) is 0.623. The summed E-state index contributed by atoms with van der Waals surface area (Å²) in [6.45, 7) is 4.29. The molecule has 0 saturated heterocycles. The molecule has 0 aromatic carbocycles. The lowest BCUT2D eigenvalue weighted by atomic mass is 10.3. The summed E-state index contributed by atoms with van der Waals surface area (Å²) >= 11 is 0. The van der Waals surface area contributed by atoms with Crippen molar-refractivity contribution in [1.82, 2.24) is 4.98 Å². The normalized spacial score (nSPS) is 9.60. The Labute approximate surface area is 89.9 Å². The Morgan fingerprint density at radius 3 is 3.20 bits per heavy atom. The topological polar surface area (TPSA) is 57.9 Å². The fourth-order valence-corrected chi connectivity index (χ4v) is 1.13. The third-order valence-corrected chi connectivity index (χ3v) is 1.86. The average molecular weight is 205 g/mol. The molecule has 0 radical (unpaired) electrons. The van der Waals surface area contributed by atoms with Gasteiger partial charge < -0.3 is 10.1 Å². The van der Waals surface area contributed by atoms with Crippen LogP contribution in [0.2, 0.25) is 0 Å². The summed E-state index contributed by atoms with van der Waals surface area (Å²) in [6.07, 6.45) is 2.57. The van der Waals surface area contributed by atoms with Crippen LogP contribution in [-0.4, -0.2) is 24.7 Å².